The lowest BCUT2D eigenvalue weighted by atomic mass is 10.1. The average Bonchev–Trinajstić information content (AvgIpc) is 2.23. The van der Waals surface area contributed by atoms with Crippen molar-refractivity contribution in [3.8, 4) is 0 Å². The van der Waals surface area contributed by atoms with Crippen LogP contribution in [0.4, 0.5) is 10.5 Å². The van der Waals surface area contributed by atoms with Gasteiger partial charge in [-0.3, -0.25) is 0 Å². The van der Waals surface area contributed by atoms with Crippen molar-refractivity contribution in [2.24, 2.45) is 5.92 Å². The van der Waals surface area contributed by atoms with E-state index in [2.05, 4.69) is 40.4 Å². The summed E-state index contributed by atoms with van der Waals surface area (Å²) in [5, 5.41) is 5.65. The zero-order chi connectivity index (χ0) is 12.8. The lowest BCUT2D eigenvalue weighted by Crippen LogP contribution is -2.30. The molecule has 0 heterocycles. The highest BCUT2D eigenvalue weighted by Gasteiger charge is 2.03. The lowest BCUT2D eigenvalue weighted by Gasteiger charge is -2.09. The molecule has 4 heteroatoms. The van der Waals surface area contributed by atoms with Crippen molar-refractivity contribution in [2.45, 2.75) is 27.2 Å². The van der Waals surface area contributed by atoms with Gasteiger partial charge in [0, 0.05) is 16.7 Å². The molecule has 0 aromatic heterocycles. The van der Waals surface area contributed by atoms with Crippen LogP contribution in [0, 0.1) is 12.8 Å². The molecule has 17 heavy (non-hydrogen) atoms. The first-order valence-electron chi connectivity index (χ1n) is 5.80. The molecular formula is C13H19BrN2O. The Morgan fingerprint density at radius 3 is 2.71 bits per heavy atom. The molecule has 0 fully saturated rings. The van der Waals surface area contributed by atoms with Crippen molar-refractivity contribution in [2.75, 3.05) is 11.9 Å². The molecule has 0 aliphatic heterocycles. The smallest absolute Gasteiger partial charge is 0.319 e. The van der Waals surface area contributed by atoms with E-state index in [1.807, 2.05) is 25.1 Å². The van der Waals surface area contributed by atoms with Gasteiger partial charge in [0.1, 0.15) is 0 Å². The minimum atomic E-state index is -0.146. The summed E-state index contributed by atoms with van der Waals surface area (Å²) in [5.41, 5.74) is 1.91. The standard InChI is InChI=1S/C13H19BrN2O/c1-9(2)6-7-15-13(17)16-11-4-5-12(14)10(3)8-11/h4-5,8-9H,6-7H2,1-3H3,(H2,15,16,17). The molecule has 0 aliphatic rings. The summed E-state index contributed by atoms with van der Waals surface area (Å²) in [6.45, 7) is 6.97. The first kappa shape index (κ1) is 14.0. The molecular weight excluding hydrogens is 280 g/mol. The Bertz CT molecular complexity index is 391. The van der Waals surface area contributed by atoms with Crippen molar-refractivity contribution in [1.82, 2.24) is 5.32 Å². The van der Waals surface area contributed by atoms with Gasteiger partial charge in [-0.05, 0) is 43.0 Å². The Labute approximate surface area is 111 Å². The highest BCUT2D eigenvalue weighted by atomic mass is 79.9. The van der Waals surface area contributed by atoms with Gasteiger partial charge < -0.3 is 10.6 Å². The molecule has 0 saturated heterocycles. The number of hydrogen-bond acceptors (Lipinski definition) is 1. The minimum absolute atomic E-state index is 0.146. The zero-order valence-corrected chi connectivity index (χ0v) is 12.1. The van der Waals surface area contributed by atoms with E-state index in [9.17, 15) is 4.79 Å². The molecule has 3 nitrogen and oxygen atoms in total. The van der Waals surface area contributed by atoms with E-state index in [0.717, 1.165) is 22.1 Å². The van der Waals surface area contributed by atoms with Gasteiger partial charge in [-0.1, -0.05) is 29.8 Å². The van der Waals surface area contributed by atoms with E-state index < -0.39 is 0 Å². The molecule has 0 bridgehead atoms. The monoisotopic (exact) mass is 298 g/mol. The first-order valence-corrected chi connectivity index (χ1v) is 6.59. The van der Waals surface area contributed by atoms with E-state index in [-0.39, 0.29) is 6.03 Å². The minimum Gasteiger partial charge on any atom is -0.338 e. The van der Waals surface area contributed by atoms with Crippen molar-refractivity contribution in [1.29, 1.82) is 0 Å². The fourth-order valence-corrected chi connectivity index (χ4v) is 1.62. The summed E-state index contributed by atoms with van der Waals surface area (Å²) in [5.74, 6) is 0.602. The van der Waals surface area contributed by atoms with E-state index in [0.29, 0.717) is 12.5 Å². The molecule has 0 aliphatic carbocycles. The number of carbonyl (C=O) groups is 1. The number of carbonyl (C=O) groups excluding carboxylic acids is 1. The maximum Gasteiger partial charge on any atom is 0.319 e. The third-order valence-electron chi connectivity index (χ3n) is 2.42. The quantitative estimate of drug-likeness (QED) is 0.869. The molecule has 1 aromatic rings. The van der Waals surface area contributed by atoms with Gasteiger partial charge in [0.2, 0.25) is 0 Å². The molecule has 2 N–H and O–H groups in total. The topological polar surface area (TPSA) is 41.1 Å². The van der Waals surface area contributed by atoms with Gasteiger partial charge in [-0.2, -0.15) is 0 Å². The molecule has 0 saturated carbocycles. The van der Waals surface area contributed by atoms with Crippen LogP contribution >= 0.6 is 15.9 Å². The molecule has 0 spiro atoms. The second-order valence-corrected chi connectivity index (χ2v) is 5.38. The Hall–Kier alpha value is -1.03. The molecule has 94 valence electrons. The average molecular weight is 299 g/mol. The van der Waals surface area contributed by atoms with Crippen LogP contribution in [-0.2, 0) is 0 Å². The molecule has 0 radical (unpaired) electrons. The molecule has 0 unspecified atom stereocenters. The zero-order valence-electron chi connectivity index (χ0n) is 10.5. The number of urea groups is 1. The van der Waals surface area contributed by atoms with Crippen LogP contribution in [-0.4, -0.2) is 12.6 Å². The van der Waals surface area contributed by atoms with Crippen LogP contribution in [0.1, 0.15) is 25.8 Å². The van der Waals surface area contributed by atoms with Gasteiger partial charge in [0.05, 0.1) is 0 Å². The molecule has 1 rings (SSSR count). The number of rotatable bonds is 4. The highest BCUT2D eigenvalue weighted by molar-refractivity contribution is 9.10. The van der Waals surface area contributed by atoms with Gasteiger partial charge in [0.25, 0.3) is 0 Å². The summed E-state index contributed by atoms with van der Waals surface area (Å²) >= 11 is 3.43. The van der Waals surface area contributed by atoms with E-state index in [1.54, 1.807) is 0 Å². The van der Waals surface area contributed by atoms with Crippen LogP contribution in [0.25, 0.3) is 0 Å². The van der Waals surface area contributed by atoms with E-state index in [1.165, 1.54) is 0 Å². The Balaban J connectivity index is 2.42. The number of amides is 2. The summed E-state index contributed by atoms with van der Waals surface area (Å²) in [6, 6.07) is 5.59. The third kappa shape index (κ3) is 5.22. The van der Waals surface area contributed by atoms with Crippen molar-refractivity contribution < 1.29 is 4.79 Å². The SMILES string of the molecule is Cc1cc(NC(=O)NCCC(C)C)ccc1Br. The Morgan fingerprint density at radius 2 is 2.12 bits per heavy atom. The van der Waals surface area contributed by atoms with E-state index >= 15 is 0 Å². The molecule has 2 amide bonds. The molecule has 0 atom stereocenters. The Morgan fingerprint density at radius 1 is 1.41 bits per heavy atom. The van der Waals surface area contributed by atoms with Gasteiger partial charge in [0.15, 0.2) is 0 Å². The number of aryl methyl sites for hydroxylation is 1. The summed E-state index contributed by atoms with van der Waals surface area (Å²) in [6.07, 6.45) is 0.993. The largest absolute Gasteiger partial charge is 0.338 e. The number of halogens is 1. The van der Waals surface area contributed by atoms with Crippen LogP contribution in [0.2, 0.25) is 0 Å². The van der Waals surface area contributed by atoms with Crippen LogP contribution in [0.5, 0.6) is 0 Å². The summed E-state index contributed by atoms with van der Waals surface area (Å²) < 4.78 is 1.04. The summed E-state index contributed by atoms with van der Waals surface area (Å²) in [4.78, 5) is 11.6. The number of benzene rings is 1. The van der Waals surface area contributed by atoms with Gasteiger partial charge >= 0.3 is 6.03 Å². The predicted octanol–water partition coefficient (Wildman–Crippen LogP) is 3.93. The van der Waals surface area contributed by atoms with E-state index in [4.69, 9.17) is 0 Å². The maximum absolute atomic E-state index is 11.6. The number of nitrogens with one attached hydrogen (secondary N) is 2. The van der Waals surface area contributed by atoms with Gasteiger partial charge in [-0.25, -0.2) is 4.79 Å². The molecule has 1 aromatic carbocycles. The van der Waals surface area contributed by atoms with Crippen molar-refractivity contribution >= 4 is 27.6 Å². The Kier molecular flexibility index (Phi) is 5.48. The second kappa shape index (κ2) is 6.64. The van der Waals surface area contributed by atoms with Crippen molar-refractivity contribution in [3.05, 3.63) is 28.2 Å². The van der Waals surface area contributed by atoms with Crippen LogP contribution in [0.15, 0.2) is 22.7 Å². The van der Waals surface area contributed by atoms with Crippen LogP contribution < -0.4 is 10.6 Å². The predicted molar refractivity (Wildman–Crippen MR) is 75.4 cm³/mol. The first-order chi connectivity index (χ1) is 7.99. The van der Waals surface area contributed by atoms with Gasteiger partial charge in [-0.15, -0.1) is 0 Å². The number of hydrogen-bond donors (Lipinski definition) is 2. The fourth-order valence-electron chi connectivity index (χ4n) is 1.37. The second-order valence-electron chi connectivity index (χ2n) is 4.53. The van der Waals surface area contributed by atoms with Crippen molar-refractivity contribution in [3.63, 3.8) is 0 Å². The number of anilines is 1. The third-order valence-corrected chi connectivity index (χ3v) is 3.31. The lowest BCUT2D eigenvalue weighted by molar-refractivity contribution is 0.251. The highest BCUT2D eigenvalue weighted by Crippen LogP contribution is 2.19. The maximum atomic E-state index is 11.6. The van der Waals surface area contributed by atoms with Crippen LogP contribution in [0.3, 0.4) is 0 Å². The normalized spacial score (nSPS) is 10.4. The fraction of sp³-hybridized carbons (Fsp3) is 0.462. The summed E-state index contributed by atoms with van der Waals surface area (Å²) in [7, 11) is 0.